The van der Waals surface area contributed by atoms with Crippen molar-refractivity contribution in [1.82, 2.24) is 8.97 Å². The van der Waals surface area contributed by atoms with Gasteiger partial charge in [-0.2, -0.15) is 0 Å². The van der Waals surface area contributed by atoms with Gasteiger partial charge >= 0.3 is 0 Å². The van der Waals surface area contributed by atoms with Gasteiger partial charge in [-0.3, -0.25) is 18.6 Å². The van der Waals surface area contributed by atoms with E-state index in [-0.39, 0.29) is 11.8 Å². The molecule has 266 valence electrons. The molecule has 1 aromatic carbocycles. The molecule has 2 aliphatic rings. The van der Waals surface area contributed by atoms with E-state index in [2.05, 4.69) is 50.5 Å². The van der Waals surface area contributed by atoms with Gasteiger partial charge in [-0.05, 0) is 62.1 Å². The van der Waals surface area contributed by atoms with Gasteiger partial charge in [0, 0.05) is 0 Å². The zero-order valence-corrected chi connectivity index (χ0v) is 30.6. The molecule has 0 radical (unpaired) electrons. The van der Waals surface area contributed by atoms with Crippen LogP contribution in [0.25, 0.3) is 0 Å². The predicted octanol–water partition coefficient (Wildman–Crippen LogP) is 10.0. The third kappa shape index (κ3) is 12.8. The molecule has 0 bridgehead atoms. The number of amides is 2. The van der Waals surface area contributed by atoms with Gasteiger partial charge in [-0.1, -0.05) is 123 Å². The van der Waals surface area contributed by atoms with Gasteiger partial charge in [-0.15, -0.1) is 0 Å². The molecular formula is C42H68N4O2+2. The Labute approximate surface area is 293 Å². The second-order valence-corrected chi connectivity index (χ2v) is 14.5. The number of benzene rings is 1. The average molecular weight is 661 g/mol. The molecule has 0 saturated heterocycles. The fraction of sp³-hybridized carbons (Fsp3) is 0.619. The minimum absolute atomic E-state index is 0.347. The largest absolute Gasteiger partial charge is 0.366 e. The number of quaternary nitrogens is 2. The van der Waals surface area contributed by atoms with Gasteiger partial charge in [0.25, 0.3) is 0 Å². The highest BCUT2D eigenvalue weighted by Crippen LogP contribution is 2.37. The molecular weight excluding hydrogens is 592 g/mol. The molecule has 2 heterocycles. The average Bonchev–Trinajstić information content (AvgIpc) is 3.10. The molecule has 2 aliphatic heterocycles. The van der Waals surface area contributed by atoms with Crippen LogP contribution in [0.2, 0.25) is 0 Å². The van der Waals surface area contributed by atoms with Crippen molar-refractivity contribution in [2.75, 3.05) is 26.2 Å². The Balaban J connectivity index is 1.71. The number of unbranched alkanes of at least 4 members (excludes halogenated alkanes) is 18. The molecule has 0 spiro atoms. The summed E-state index contributed by atoms with van der Waals surface area (Å²) in [6, 6.07) is 8.86. The summed E-state index contributed by atoms with van der Waals surface area (Å²) in [5, 5.41) is 0. The van der Waals surface area contributed by atoms with Gasteiger partial charge in [0.05, 0.1) is 30.3 Å². The van der Waals surface area contributed by atoms with Crippen molar-refractivity contribution < 1.29 is 9.59 Å². The van der Waals surface area contributed by atoms with Crippen LogP contribution in [-0.2, 0) is 9.59 Å². The first kappa shape index (κ1) is 39.5. The Bertz CT molecular complexity index is 1160. The molecule has 2 atom stereocenters. The highest BCUT2D eigenvalue weighted by atomic mass is 16.1. The van der Waals surface area contributed by atoms with Gasteiger partial charge in [0.1, 0.15) is 36.9 Å². The molecule has 48 heavy (non-hydrogen) atoms. The lowest BCUT2D eigenvalue weighted by atomic mass is 10.0. The van der Waals surface area contributed by atoms with Crippen molar-refractivity contribution in [3.05, 3.63) is 72.1 Å². The quantitative estimate of drug-likeness (QED) is 0.0765. The van der Waals surface area contributed by atoms with Crippen LogP contribution in [0.5, 0.6) is 0 Å². The molecule has 3 rings (SSSR count). The fourth-order valence-corrected chi connectivity index (χ4v) is 7.52. The van der Waals surface area contributed by atoms with Crippen molar-refractivity contribution in [3.63, 3.8) is 0 Å². The van der Waals surface area contributed by atoms with Crippen molar-refractivity contribution in [1.29, 1.82) is 0 Å². The second-order valence-electron chi connectivity index (χ2n) is 14.5. The minimum atomic E-state index is -0.347. The van der Waals surface area contributed by atoms with Crippen LogP contribution in [0, 0.1) is 0 Å². The number of carbonyl (C=O) groups is 2. The SMILES string of the molecule is CCCCCCCCCCCC[N+]1(c2cccc([N+]3(CCCCCCCCCCCC)C=CC=C(C(N)=O)C3)c2)C=CC=C(C(N)=O)C1. The smallest absolute Gasteiger partial charge is 0.250 e. The summed E-state index contributed by atoms with van der Waals surface area (Å²) < 4.78 is 1.17. The highest BCUT2D eigenvalue weighted by molar-refractivity contribution is 5.94. The Kier molecular flexibility index (Phi) is 18.0. The molecule has 4 N–H and O–H groups in total. The van der Waals surface area contributed by atoms with Crippen molar-refractivity contribution in [2.45, 2.75) is 142 Å². The van der Waals surface area contributed by atoms with Crippen LogP contribution in [0.1, 0.15) is 142 Å². The first-order valence-electron chi connectivity index (χ1n) is 19.6. The highest BCUT2D eigenvalue weighted by Gasteiger charge is 2.37. The van der Waals surface area contributed by atoms with E-state index in [1.807, 2.05) is 24.3 Å². The van der Waals surface area contributed by atoms with E-state index in [1.54, 1.807) is 0 Å². The van der Waals surface area contributed by atoms with Crippen molar-refractivity contribution in [2.24, 2.45) is 11.5 Å². The molecule has 6 heteroatoms. The molecule has 6 nitrogen and oxygen atoms in total. The first-order valence-corrected chi connectivity index (χ1v) is 19.6. The number of nitrogens with two attached hydrogens (primary N) is 2. The summed E-state index contributed by atoms with van der Waals surface area (Å²) in [6.45, 7) is 7.50. The van der Waals surface area contributed by atoms with E-state index in [1.165, 1.54) is 116 Å². The van der Waals surface area contributed by atoms with Crippen molar-refractivity contribution >= 4 is 23.2 Å². The maximum Gasteiger partial charge on any atom is 0.250 e. The van der Waals surface area contributed by atoms with Gasteiger partial charge < -0.3 is 11.5 Å². The summed E-state index contributed by atoms with van der Waals surface area (Å²) >= 11 is 0. The summed E-state index contributed by atoms with van der Waals surface area (Å²) in [7, 11) is 0. The van der Waals surface area contributed by atoms with Crippen LogP contribution in [-0.4, -0.2) is 38.0 Å². The summed E-state index contributed by atoms with van der Waals surface area (Å²) in [4.78, 5) is 24.8. The van der Waals surface area contributed by atoms with Gasteiger partial charge in [-0.25, -0.2) is 0 Å². The number of primary amides is 2. The third-order valence-electron chi connectivity index (χ3n) is 10.6. The monoisotopic (exact) mass is 661 g/mol. The molecule has 0 aromatic heterocycles. The summed E-state index contributed by atoms with van der Waals surface area (Å²) in [5.41, 5.74) is 15.3. The van der Waals surface area contributed by atoms with E-state index in [0.29, 0.717) is 33.2 Å². The van der Waals surface area contributed by atoms with Crippen LogP contribution in [0.4, 0.5) is 11.4 Å². The Morgan fingerprint density at radius 3 is 1.21 bits per heavy atom. The zero-order valence-electron chi connectivity index (χ0n) is 30.6. The molecule has 0 saturated carbocycles. The standard InChI is InChI=1S/C42H66N4O2/c1-3-5-7-9-11-13-15-17-19-21-30-45(32-24-26-37(35-45)41(43)47)39-28-23-29-40(34-39)46(33-25-27-38(36-46)42(44)48)31-22-20-18-16-14-12-10-8-6-4-2/h23-29,32-34H,3-22,30-31,35-36H2,1-2H3,(H2-2,43,44,47,48)/p+2. The lowest BCUT2D eigenvalue weighted by molar-refractivity contribution is -0.115. The number of hydrogen-bond donors (Lipinski definition) is 2. The Morgan fingerprint density at radius 2 is 0.875 bits per heavy atom. The number of nitrogens with zero attached hydrogens (tertiary/aromatic N) is 2. The minimum Gasteiger partial charge on any atom is -0.366 e. The Hall–Kier alpha value is -2.96. The first-order chi connectivity index (χ1) is 23.4. The lowest BCUT2D eigenvalue weighted by Gasteiger charge is -2.39. The Morgan fingerprint density at radius 1 is 0.542 bits per heavy atom. The summed E-state index contributed by atoms with van der Waals surface area (Å²) in [5.74, 6) is -0.693. The van der Waals surface area contributed by atoms with Gasteiger partial charge in [0.15, 0.2) is 0 Å². The number of allylic oxidation sites excluding steroid dienone is 4. The van der Waals surface area contributed by atoms with Gasteiger partial charge in [0.2, 0.25) is 11.8 Å². The number of carbonyl (C=O) groups excluding carboxylic acids is 2. The van der Waals surface area contributed by atoms with Crippen LogP contribution < -0.4 is 20.4 Å². The van der Waals surface area contributed by atoms with Crippen LogP contribution in [0.15, 0.2) is 72.1 Å². The summed E-state index contributed by atoms with van der Waals surface area (Å²) in [6.07, 6.45) is 38.0. The maximum absolute atomic E-state index is 12.4. The van der Waals surface area contributed by atoms with E-state index >= 15 is 0 Å². The number of hydrogen-bond acceptors (Lipinski definition) is 2. The topological polar surface area (TPSA) is 86.2 Å². The molecule has 2 unspecified atom stereocenters. The molecule has 0 fully saturated rings. The normalized spacial score (nSPS) is 20.5. The molecule has 2 amide bonds. The lowest BCUT2D eigenvalue weighted by Crippen LogP contribution is -2.50. The predicted molar refractivity (Wildman–Crippen MR) is 206 cm³/mol. The van der Waals surface area contributed by atoms with E-state index in [4.69, 9.17) is 11.5 Å². The molecule has 0 aliphatic carbocycles. The van der Waals surface area contributed by atoms with E-state index < -0.39 is 0 Å². The fourth-order valence-electron chi connectivity index (χ4n) is 7.52. The van der Waals surface area contributed by atoms with Crippen molar-refractivity contribution in [3.8, 4) is 0 Å². The zero-order chi connectivity index (χ0) is 34.5. The number of rotatable bonds is 26. The molecule has 1 aromatic rings. The second kappa shape index (κ2) is 21.9. The van der Waals surface area contributed by atoms with E-state index in [0.717, 1.165) is 37.3 Å². The maximum atomic E-state index is 12.4. The van der Waals surface area contributed by atoms with Crippen LogP contribution in [0.3, 0.4) is 0 Å². The van der Waals surface area contributed by atoms with E-state index in [9.17, 15) is 9.59 Å². The van der Waals surface area contributed by atoms with Crippen LogP contribution >= 0.6 is 0 Å². The third-order valence-corrected chi connectivity index (χ3v) is 10.6.